The zero-order valence-corrected chi connectivity index (χ0v) is 19.5. The lowest BCUT2D eigenvalue weighted by molar-refractivity contribution is 0.481. The van der Waals surface area contributed by atoms with Crippen LogP contribution in [0.2, 0.25) is 0 Å². The summed E-state index contributed by atoms with van der Waals surface area (Å²) in [5, 5.41) is 0. The molecule has 10 nitrogen and oxygen atoms in total. The Kier molecular flexibility index (Phi) is 4.88. The van der Waals surface area contributed by atoms with E-state index in [9.17, 15) is 25.9 Å². The zero-order chi connectivity index (χ0) is 24.4. The molecule has 2 heterocycles. The van der Waals surface area contributed by atoms with Crippen molar-refractivity contribution in [2.75, 3.05) is 0 Å². The van der Waals surface area contributed by atoms with Gasteiger partial charge in [-0.2, -0.15) is 16.8 Å². The Labute approximate surface area is 194 Å². The molecule has 0 atom stereocenters. The molecule has 0 unspecified atom stereocenters. The molecule has 2 aromatic heterocycles. The van der Waals surface area contributed by atoms with Crippen LogP contribution in [0.3, 0.4) is 0 Å². The summed E-state index contributed by atoms with van der Waals surface area (Å²) >= 11 is 0. The highest BCUT2D eigenvalue weighted by Crippen LogP contribution is 2.30. The molecule has 0 spiro atoms. The van der Waals surface area contributed by atoms with E-state index in [1.807, 2.05) is 0 Å². The molecule has 0 saturated carbocycles. The van der Waals surface area contributed by atoms with Crippen molar-refractivity contribution in [3.05, 3.63) is 59.7 Å². The Morgan fingerprint density at radius 3 is 1.32 bits per heavy atom. The molecule has 0 bridgehead atoms. The van der Waals surface area contributed by atoms with Gasteiger partial charge in [0.2, 0.25) is 0 Å². The SMILES string of the molecule is Cc1cc(S(=O)(=O)O)c2nc(-c3ccc(-c4nc5c(S(=O)(=O)O)cc(C)cc5[nH]4)cc3)[nH]c2c1. The molecule has 34 heavy (non-hydrogen) atoms. The maximum absolute atomic E-state index is 11.8. The molecule has 3 aromatic carbocycles. The van der Waals surface area contributed by atoms with Crippen LogP contribution in [-0.2, 0) is 20.2 Å². The second-order valence-electron chi connectivity index (χ2n) is 8.02. The lowest BCUT2D eigenvalue weighted by Gasteiger charge is -2.00. The number of H-pyrrole nitrogens is 2. The predicted molar refractivity (Wildman–Crippen MR) is 126 cm³/mol. The highest BCUT2D eigenvalue weighted by Gasteiger charge is 2.20. The van der Waals surface area contributed by atoms with E-state index in [0.717, 1.165) is 0 Å². The van der Waals surface area contributed by atoms with Crippen LogP contribution in [-0.4, -0.2) is 45.9 Å². The van der Waals surface area contributed by atoms with Gasteiger partial charge in [-0.15, -0.1) is 0 Å². The van der Waals surface area contributed by atoms with E-state index in [-0.39, 0.29) is 20.8 Å². The summed E-state index contributed by atoms with van der Waals surface area (Å²) in [6.45, 7) is 3.43. The minimum absolute atomic E-state index is 0.137. The fraction of sp³-hybridized carbons (Fsp3) is 0.0909. The first-order valence-electron chi connectivity index (χ1n) is 9.97. The van der Waals surface area contributed by atoms with Crippen molar-refractivity contribution in [2.45, 2.75) is 23.6 Å². The molecule has 0 fully saturated rings. The number of aromatic amines is 2. The summed E-state index contributed by atoms with van der Waals surface area (Å²) in [5.74, 6) is 0.817. The summed E-state index contributed by atoms with van der Waals surface area (Å²) in [6.07, 6.45) is 0. The smallest absolute Gasteiger partial charge is 0.296 e. The van der Waals surface area contributed by atoms with Gasteiger partial charge in [-0.05, 0) is 49.2 Å². The third-order valence-electron chi connectivity index (χ3n) is 5.38. The first kappa shape index (κ1) is 22.2. The third kappa shape index (κ3) is 3.86. The first-order chi connectivity index (χ1) is 15.9. The number of aryl methyl sites for hydroxylation is 2. The average molecular weight is 499 g/mol. The van der Waals surface area contributed by atoms with E-state index in [4.69, 9.17) is 0 Å². The van der Waals surface area contributed by atoms with E-state index < -0.39 is 20.2 Å². The van der Waals surface area contributed by atoms with Crippen LogP contribution < -0.4 is 0 Å². The maximum Gasteiger partial charge on any atom is 0.296 e. The molecule has 0 radical (unpaired) electrons. The van der Waals surface area contributed by atoms with Gasteiger partial charge in [-0.3, -0.25) is 9.11 Å². The number of aromatic nitrogens is 4. The van der Waals surface area contributed by atoms with Gasteiger partial charge in [-0.25, -0.2) is 9.97 Å². The van der Waals surface area contributed by atoms with Crippen molar-refractivity contribution >= 4 is 42.3 Å². The fourth-order valence-electron chi connectivity index (χ4n) is 3.90. The molecule has 12 heteroatoms. The number of rotatable bonds is 4. The standard InChI is InChI=1S/C22H18N4O6S2/c1-11-7-15-19(17(9-11)33(27,28)29)25-21(23-15)13-3-5-14(6-4-13)22-24-16-8-12(2)10-18(20(16)26-22)34(30,31)32/h3-10H,1-2H3,(H,23,25)(H,24,26)(H,27,28,29)(H,30,31,32). The van der Waals surface area contributed by atoms with Crippen LogP contribution in [0.15, 0.2) is 58.3 Å². The Balaban J connectivity index is 1.57. The first-order valence-corrected chi connectivity index (χ1v) is 12.8. The second-order valence-corrected chi connectivity index (χ2v) is 10.8. The summed E-state index contributed by atoms with van der Waals surface area (Å²) in [4.78, 5) is 14.3. The number of benzene rings is 3. The Bertz CT molecular complexity index is 1680. The molecule has 0 aliphatic rings. The zero-order valence-electron chi connectivity index (χ0n) is 17.9. The van der Waals surface area contributed by atoms with E-state index in [1.165, 1.54) is 12.1 Å². The van der Waals surface area contributed by atoms with Gasteiger partial charge in [0.05, 0.1) is 11.0 Å². The number of imidazole rings is 2. The summed E-state index contributed by atoms with van der Waals surface area (Å²) in [5.41, 5.74) is 3.82. The van der Waals surface area contributed by atoms with Crippen LogP contribution in [0.4, 0.5) is 0 Å². The minimum Gasteiger partial charge on any atom is -0.338 e. The molecule has 0 saturated heterocycles. The van der Waals surface area contributed by atoms with Crippen LogP contribution in [0.5, 0.6) is 0 Å². The monoisotopic (exact) mass is 498 g/mol. The Morgan fingerprint density at radius 1 is 0.647 bits per heavy atom. The number of nitrogens with zero attached hydrogens (tertiary/aromatic N) is 2. The van der Waals surface area contributed by atoms with Gasteiger partial charge in [0.15, 0.2) is 0 Å². The van der Waals surface area contributed by atoms with Gasteiger partial charge in [0.1, 0.15) is 32.5 Å². The Hall–Kier alpha value is -3.58. The molecule has 4 N–H and O–H groups in total. The molecule has 5 aromatic rings. The quantitative estimate of drug-likeness (QED) is 0.271. The van der Waals surface area contributed by atoms with Crippen molar-refractivity contribution in [3.8, 4) is 22.8 Å². The van der Waals surface area contributed by atoms with Crippen molar-refractivity contribution in [2.24, 2.45) is 0 Å². The van der Waals surface area contributed by atoms with Gasteiger partial charge < -0.3 is 9.97 Å². The fourth-order valence-corrected chi connectivity index (χ4v) is 5.37. The molecular formula is C22H18N4O6S2. The number of hydrogen-bond donors (Lipinski definition) is 4. The average Bonchev–Trinajstić information content (AvgIpc) is 3.35. The lowest BCUT2D eigenvalue weighted by Crippen LogP contribution is -1.99. The second kappa shape index (κ2) is 7.46. The van der Waals surface area contributed by atoms with E-state index >= 15 is 0 Å². The van der Waals surface area contributed by atoms with Gasteiger partial charge in [-0.1, -0.05) is 24.3 Å². The highest BCUT2D eigenvalue weighted by molar-refractivity contribution is 7.86. The van der Waals surface area contributed by atoms with Crippen molar-refractivity contribution < 1.29 is 25.9 Å². The summed E-state index contributed by atoms with van der Waals surface area (Å²) in [6, 6.07) is 13.2. The number of hydrogen-bond acceptors (Lipinski definition) is 6. The normalized spacial score (nSPS) is 12.6. The van der Waals surface area contributed by atoms with Crippen LogP contribution in [0.1, 0.15) is 11.1 Å². The maximum atomic E-state index is 11.8. The minimum atomic E-state index is -4.45. The molecular weight excluding hydrogens is 480 g/mol. The largest absolute Gasteiger partial charge is 0.338 e. The highest BCUT2D eigenvalue weighted by atomic mass is 32.2. The van der Waals surface area contributed by atoms with Gasteiger partial charge >= 0.3 is 0 Å². The number of fused-ring (bicyclic) bond motifs is 2. The van der Waals surface area contributed by atoms with Crippen LogP contribution in [0, 0.1) is 13.8 Å². The van der Waals surface area contributed by atoms with E-state index in [1.54, 1.807) is 50.2 Å². The van der Waals surface area contributed by atoms with E-state index in [2.05, 4.69) is 19.9 Å². The van der Waals surface area contributed by atoms with Crippen LogP contribution in [0.25, 0.3) is 44.8 Å². The van der Waals surface area contributed by atoms with Crippen molar-refractivity contribution in [3.63, 3.8) is 0 Å². The summed E-state index contributed by atoms with van der Waals surface area (Å²) < 4.78 is 66.2. The molecule has 5 rings (SSSR count). The van der Waals surface area contributed by atoms with Crippen molar-refractivity contribution in [1.29, 1.82) is 0 Å². The van der Waals surface area contributed by atoms with Crippen LogP contribution >= 0.6 is 0 Å². The summed E-state index contributed by atoms with van der Waals surface area (Å²) in [7, 11) is -8.90. The molecule has 0 aliphatic heterocycles. The molecule has 174 valence electrons. The topological polar surface area (TPSA) is 166 Å². The molecule has 0 amide bonds. The predicted octanol–water partition coefficient (Wildman–Crippen LogP) is 3.88. The number of nitrogens with one attached hydrogen (secondary N) is 2. The Morgan fingerprint density at radius 2 is 1.00 bits per heavy atom. The third-order valence-corrected chi connectivity index (χ3v) is 7.11. The molecule has 0 aliphatic carbocycles. The lowest BCUT2D eigenvalue weighted by atomic mass is 10.1. The van der Waals surface area contributed by atoms with Gasteiger partial charge in [0.25, 0.3) is 20.2 Å². The van der Waals surface area contributed by atoms with E-state index in [0.29, 0.717) is 44.9 Å². The van der Waals surface area contributed by atoms with Crippen molar-refractivity contribution in [1.82, 2.24) is 19.9 Å². The van der Waals surface area contributed by atoms with Gasteiger partial charge in [0, 0.05) is 11.1 Å².